The molecule has 0 bridgehead atoms. The van der Waals surface area contributed by atoms with Crippen molar-refractivity contribution in [2.45, 2.75) is 13.3 Å². The molecule has 0 radical (unpaired) electrons. The Morgan fingerprint density at radius 3 is 2.35 bits per heavy atom. The molecule has 0 atom stereocenters. The van der Waals surface area contributed by atoms with Crippen LogP contribution in [0.25, 0.3) is 0 Å². The molecule has 1 aromatic carbocycles. The van der Waals surface area contributed by atoms with Gasteiger partial charge in [0.05, 0.1) is 12.1 Å². The van der Waals surface area contributed by atoms with Crippen LogP contribution in [0.15, 0.2) is 30.6 Å². The maximum Gasteiger partial charge on any atom is 0.248 e. The van der Waals surface area contributed by atoms with E-state index in [0.29, 0.717) is 11.6 Å². The smallest absolute Gasteiger partial charge is 0.248 e. The normalized spacial score (nSPS) is 9.70. The third kappa shape index (κ3) is 3.86. The average Bonchev–Trinajstić information content (AvgIpc) is 2.57. The summed E-state index contributed by atoms with van der Waals surface area (Å²) >= 11 is 0. The lowest BCUT2D eigenvalue weighted by atomic mass is 10.2. The van der Waals surface area contributed by atoms with Crippen molar-refractivity contribution >= 4 is 11.5 Å². The van der Waals surface area contributed by atoms with Gasteiger partial charge < -0.3 is 15.4 Å². The zero-order chi connectivity index (χ0) is 16.7. The summed E-state index contributed by atoms with van der Waals surface area (Å²) in [5.74, 6) is 1.11. The van der Waals surface area contributed by atoms with Crippen molar-refractivity contribution in [2.24, 2.45) is 0 Å². The third-order valence-corrected chi connectivity index (χ3v) is 3.20. The lowest BCUT2D eigenvalue weighted by Gasteiger charge is -2.19. The van der Waals surface area contributed by atoms with Crippen LogP contribution in [0, 0.1) is 22.7 Å². The monoisotopic (exact) mass is 308 g/mol. The highest BCUT2D eigenvalue weighted by atomic mass is 16.5. The van der Waals surface area contributed by atoms with Crippen LogP contribution in [0.4, 0.5) is 11.5 Å². The van der Waals surface area contributed by atoms with Crippen LogP contribution in [0.2, 0.25) is 0 Å². The van der Waals surface area contributed by atoms with Gasteiger partial charge in [-0.15, -0.1) is 0 Å². The molecule has 7 nitrogen and oxygen atoms in total. The topological polar surface area (TPSA) is 112 Å². The van der Waals surface area contributed by atoms with Gasteiger partial charge in [0, 0.05) is 0 Å². The van der Waals surface area contributed by atoms with Crippen molar-refractivity contribution in [2.75, 3.05) is 23.7 Å². The molecule has 2 N–H and O–H groups in total. The lowest BCUT2D eigenvalue weighted by Crippen LogP contribution is -2.26. The Hall–Kier alpha value is -3.32. The molecule has 0 unspecified atom stereocenters. The molecule has 0 spiro atoms. The van der Waals surface area contributed by atoms with Crippen molar-refractivity contribution < 1.29 is 4.74 Å². The average molecular weight is 308 g/mol. The van der Waals surface area contributed by atoms with Gasteiger partial charge >= 0.3 is 0 Å². The predicted octanol–water partition coefficient (Wildman–Crippen LogP) is 2.27. The minimum Gasteiger partial charge on any atom is -0.437 e. The molecule has 0 saturated heterocycles. The maximum atomic E-state index is 8.85. The molecule has 2 rings (SSSR count). The fourth-order valence-electron chi connectivity index (χ4n) is 1.99. The summed E-state index contributed by atoms with van der Waals surface area (Å²) in [4.78, 5) is 9.54. The van der Waals surface area contributed by atoms with Crippen LogP contribution < -0.4 is 15.4 Å². The predicted molar refractivity (Wildman–Crippen MR) is 85.8 cm³/mol. The van der Waals surface area contributed by atoms with Crippen LogP contribution in [0.3, 0.4) is 0 Å². The van der Waals surface area contributed by atoms with E-state index < -0.39 is 0 Å². The quantitative estimate of drug-likeness (QED) is 0.814. The summed E-state index contributed by atoms with van der Waals surface area (Å²) in [6.45, 7) is 2.07. The van der Waals surface area contributed by atoms with Crippen molar-refractivity contribution in [1.82, 2.24) is 9.97 Å². The molecule has 1 aromatic heterocycles. The summed E-state index contributed by atoms with van der Waals surface area (Å²) in [7, 11) is 0. The van der Waals surface area contributed by atoms with Gasteiger partial charge in [-0.3, -0.25) is 0 Å². The van der Waals surface area contributed by atoms with Crippen LogP contribution in [-0.2, 0) is 6.42 Å². The Bertz CT molecular complexity index is 729. The number of nitrogens with two attached hydrogens (primary N) is 1. The molecule has 0 saturated carbocycles. The number of benzene rings is 1. The molecule has 0 aliphatic heterocycles. The minimum absolute atomic E-state index is 0.000585. The Morgan fingerprint density at radius 1 is 1.13 bits per heavy atom. The van der Waals surface area contributed by atoms with Crippen molar-refractivity contribution in [3.8, 4) is 23.8 Å². The Kier molecular flexibility index (Phi) is 5.32. The first kappa shape index (κ1) is 16.1. The number of hydrogen-bond donors (Lipinski definition) is 1. The summed E-state index contributed by atoms with van der Waals surface area (Å²) in [6.07, 6.45) is 2.24. The van der Waals surface area contributed by atoms with Crippen LogP contribution in [-0.4, -0.2) is 23.1 Å². The largest absolute Gasteiger partial charge is 0.437 e. The number of hydrogen-bond acceptors (Lipinski definition) is 7. The van der Waals surface area contributed by atoms with E-state index in [2.05, 4.69) is 16.9 Å². The van der Waals surface area contributed by atoms with E-state index in [-0.39, 0.29) is 24.7 Å². The molecular formula is C16H16N6O. The first-order valence-electron chi connectivity index (χ1n) is 7.05. The van der Waals surface area contributed by atoms with E-state index >= 15 is 0 Å². The van der Waals surface area contributed by atoms with Gasteiger partial charge in [0.1, 0.15) is 30.9 Å². The van der Waals surface area contributed by atoms with Gasteiger partial charge in [-0.1, -0.05) is 19.1 Å². The minimum atomic E-state index is -0.000585. The number of nitriles is 2. The highest BCUT2D eigenvalue weighted by Crippen LogP contribution is 2.31. The number of ether oxygens (including phenoxy) is 1. The highest BCUT2D eigenvalue weighted by Gasteiger charge is 2.16. The molecule has 23 heavy (non-hydrogen) atoms. The summed E-state index contributed by atoms with van der Waals surface area (Å²) in [6, 6.07) is 11.6. The van der Waals surface area contributed by atoms with E-state index in [1.54, 1.807) is 0 Å². The number of nitrogens with zero attached hydrogens (tertiary/aromatic N) is 5. The number of anilines is 2. The fourth-order valence-corrected chi connectivity index (χ4v) is 1.99. The second kappa shape index (κ2) is 7.62. The first-order chi connectivity index (χ1) is 11.2. The Morgan fingerprint density at radius 2 is 1.78 bits per heavy atom. The van der Waals surface area contributed by atoms with E-state index in [0.717, 1.165) is 6.42 Å². The lowest BCUT2D eigenvalue weighted by molar-refractivity contribution is 0.464. The summed E-state index contributed by atoms with van der Waals surface area (Å²) in [5, 5.41) is 17.7. The van der Waals surface area contributed by atoms with Crippen LogP contribution in [0.5, 0.6) is 11.6 Å². The number of rotatable bonds is 6. The SMILES string of the molecule is CCc1ccc(Oc2ncnc(N(CC#N)CC#N)c2N)cc1. The molecule has 1 heterocycles. The molecule has 2 aromatic rings. The van der Waals surface area contributed by atoms with E-state index in [4.69, 9.17) is 21.0 Å². The number of nitrogen functional groups attached to an aromatic ring is 1. The molecule has 0 aliphatic carbocycles. The number of aromatic nitrogens is 2. The Balaban J connectivity index is 2.28. The molecule has 7 heteroatoms. The van der Waals surface area contributed by atoms with Gasteiger partial charge in [-0.25, -0.2) is 4.98 Å². The van der Waals surface area contributed by atoms with Crippen molar-refractivity contribution in [3.05, 3.63) is 36.2 Å². The fraction of sp³-hybridized carbons (Fsp3) is 0.250. The summed E-state index contributed by atoms with van der Waals surface area (Å²) in [5.41, 5.74) is 7.43. The van der Waals surface area contributed by atoms with E-state index in [9.17, 15) is 0 Å². The second-order valence-corrected chi connectivity index (χ2v) is 4.69. The van der Waals surface area contributed by atoms with Crippen molar-refractivity contribution in [3.63, 3.8) is 0 Å². The standard InChI is InChI=1S/C16H16N6O/c1-2-12-3-5-13(6-4-12)23-16-14(19)15(20-11-21-16)22(9-7-17)10-8-18/h3-6,11H,2,9-10,19H2,1H3. The van der Waals surface area contributed by atoms with Gasteiger partial charge in [0.25, 0.3) is 0 Å². The van der Waals surface area contributed by atoms with Gasteiger partial charge in [-0.2, -0.15) is 15.5 Å². The first-order valence-corrected chi connectivity index (χ1v) is 7.05. The van der Waals surface area contributed by atoms with Gasteiger partial charge in [0.2, 0.25) is 5.88 Å². The second-order valence-electron chi connectivity index (χ2n) is 4.69. The molecule has 0 aliphatic rings. The third-order valence-electron chi connectivity index (χ3n) is 3.20. The Labute approximate surface area is 134 Å². The molecule has 0 amide bonds. The van der Waals surface area contributed by atoms with Crippen LogP contribution >= 0.6 is 0 Å². The van der Waals surface area contributed by atoms with E-state index in [1.165, 1.54) is 16.8 Å². The molecule has 116 valence electrons. The maximum absolute atomic E-state index is 8.85. The zero-order valence-corrected chi connectivity index (χ0v) is 12.7. The highest BCUT2D eigenvalue weighted by molar-refractivity contribution is 5.68. The molecule has 0 fully saturated rings. The summed E-state index contributed by atoms with van der Waals surface area (Å²) < 4.78 is 5.69. The van der Waals surface area contributed by atoms with Crippen molar-refractivity contribution in [1.29, 1.82) is 10.5 Å². The van der Waals surface area contributed by atoms with Gasteiger partial charge in [0.15, 0.2) is 5.82 Å². The molecular weight excluding hydrogens is 292 g/mol. The van der Waals surface area contributed by atoms with E-state index in [1.807, 2.05) is 36.4 Å². The van der Waals surface area contributed by atoms with Gasteiger partial charge in [-0.05, 0) is 24.1 Å². The number of aryl methyl sites for hydroxylation is 1. The van der Waals surface area contributed by atoms with Crippen LogP contribution in [0.1, 0.15) is 12.5 Å². The zero-order valence-electron chi connectivity index (χ0n) is 12.7.